The molecule has 0 bridgehead atoms. The minimum absolute atomic E-state index is 0.179. The number of pyridine rings is 1. The zero-order valence-electron chi connectivity index (χ0n) is 19.9. The third-order valence-corrected chi connectivity index (χ3v) is 8.15. The van der Waals surface area contributed by atoms with E-state index in [4.69, 9.17) is 0 Å². The molecule has 0 aliphatic carbocycles. The molecule has 1 aromatic heterocycles. The van der Waals surface area contributed by atoms with Gasteiger partial charge in [0.15, 0.2) is 9.84 Å². The topological polar surface area (TPSA) is 87.7 Å². The highest BCUT2D eigenvalue weighted by molar-refractivity contribution is 7.90. The van der Waals surface area contributed by atoms with Crippen molar-refractivity contribution in [3.8, 4) is 0 Å². The van der Waals surface area contributed by atoms with Gasteiger partial charge in [-0.1, -0.05) is 30.3 Å². The number of rotatable bonds is 5. The molecule has 2 amide bonds. The Labute approximate surface area is 214 Å². The van der Waals surface area contributed by atoms with E-state index in [9.17, 15) is 22.4 Å². The Bertz CT molecular complexity index is 1560. The van der Waals surface area contributed by atoms with Crippen LogP contribution in [0.2, 0.25) is 0 Å². The maximum Gasteiger partial charge on any atom is 0.253 e. The molecule has 0 saturated carbocycles. The Kier molecular flexibility index (Phi) is 6.71. The van der Waals surface area contributed by atoms with Crippen LogP contribution in [-0.2, 0) is 15.6 Å². The van der Waals surface area contributed by atoms with Gasteiger partial charge < -0.3 is 9.80 Å². The van der Waals surface area contributed by atoms with E-state index in [1.54, 1.807) is 58.5 Å². The van der Waals surface area contributed by atoms with Gasteiger partial charge in [-0.2, -0.15) is 0 Å². The van der Waals surface area contributed by atoms with E-state index in [0.717, 1.165) is 5.39 Å². The quantitative estimate of drug-likeness (QED) is 0.400. The number of carbonyl (C=O) groups is 2. The van der Waals surface area contributed by atoms with Gasteiger partial charge in [-0.15, -0.1) is 0 Å². The minimum Gasteiger partial charge on any atom is -0.335 e. The van der Waals surface area contributed by atoms with Crippen LogP contribution in [0.5, 0.6) is 0 Å². The maximum absolute atomic E-state index is 13.1. The standard InChI is InChI=1S/C28H24FN3O4S/c29-24-12-10-23(11-13-24)28(34)32-17-15-31(16-18-32)27(33)22-8-6-20(7-9-22)19-37(35,36)25-5-1-3-21-4-2-14-30-26(21)25/h1-14H,15-19H2. The summed E-state index contributed by atoms with van der Waals surface area (Å²) in [6.07, 6.45) is 1.57. The zero-order chi connectivity index (χ0) is 26.0. The Morgan fingerprint density at radius 1 is 0.757 bits per heavy atom. The first-order valence-corrected chi connectivity index (χ1v) is 13.5. The van der Waals surface area contributed by atoms with E-state index in [1.807, 2.05) is 12.1 Å². The highest BCUT2D eigenvalue weighted by Gasteiger charge is 2.26. The van der Waals surface area contributed by atoms with Crippen molar-refractivity contribution < 1.29 is 22.4 Å². The first-order valence-electron chi connectivity index (χ1n) is 11.8. The minimum atomic E-state index is -3.65. The third-order valence-electron chi connectivity index (χ3n) is 6.43. The molecule has 0 unspecified atom stereocenters. The Morgan fingerprint density at radius 3 is 1.89 bits per heavy atom. The molecule has 0 N–H and O–H groups in total. The molecule has 1 saturated heterocycles. The average Bonchev–Trinajstić information content (AvgIpc) is 2.92. The van der Waals surface area contributed by atoms with Crippen molar-refractivity contribution in [2.45, 2.75) is 10.6 Å². The summed E-state index contributed by atoms with van der Waals surface area (Å²) in [5.41, 5.74) is 1.87. The normalized spacial score (nSPS) is 14.1. The number of amides is 2. The lowest BCUT2D eigenvalue weighted by Gasteiger charge is -2.35. The summed E-state index contributed by atoms with van der Waals surface area (Å²) < 4.78 is 39.4. The smallest absolute Gasteiger partial charge is 0.253 e. The second kappa shape index (κ2) is 10.1. The predicted octanol–water partition coefficient (Wildman–Crippen LogP) is 3.95. The molecule has 2 heterocycles. The summed E-state index contributed by atoms with van der Waals surface area (Å²) in [6.45, 7) is 1.49. The van der Waals surface area contributed by atoms with Crippen molar-refractivity contribution in [1.29, 1.82) is 0 Å². The van der Waals surface area contributed by atoms with Gasteiger partial charge in [0.25, 0.3) is 11.8 Å². The van der Waals surface area contributed by atoms with Crippen molar-refractivity contribution in [1.82, 2.24) is 14.8 Å². The Morgan fingerprint density at radius 2 is 1.30 bits per heavy atom. The molecule has 4 aromatic rings. The van der Waals surface area contributed by atoms with E-state index in [-0.39, 0.29) is 22.5 Å². The second-order valence-corrected chi connectivity index (χ2v) is 10.8. The van der Waals surface area contributed by atoms with Gasteiger partial charge in [-0.25, -0.2) is 12.8 Å². The molecule has 0 spiro atoms. The van der Waals surface area contributed by atoms with Crippen LogP contribution in [0.15, 0.2) is 90.0 Å². The molecule has 7 nitrogen and oxygen atoms in total. The fourth-order valence-electron chi connectivity index (χ4n) is 4.44. The van der Waals surface area contributed by atoms with Gasteiger partial charge in [-0.3, -0.25) is 14.6 Å². The number of para-hydroxylation sites is 1. The number of aromatic nitrogens is 1. The van der Waals surface area contributed by atoms with Gasteiger partial charge in [0.05, 0.1) is 16.2 Å². The number of carbonyl (C=O) groups excluding carboxylic acids is 2. The molecule has 188 valence electrons. The van der Waals surface area contributed by atoms with Crippen LogP contribution in [0.3, 0.4) is 0 Å². The van der Waals surface area contributed by atoms with Gasteiger partial charge >= 0.3 is 0 Å². The summed E-state index contributed by atoms with van der Waals surface area (Å²) in [6, 6.07) is 20.6. The number of sulfone groups is 1. The summed E-state index contributed by atoms with van der Waals surface area (Å²) in [7, 11) is -3.65. The molecule has 0 atom stereocenters. The van der Waals surface area contributed by atoms with Crippen LogP contribution >= 0.6 is 0 Å². The second-order valence-electron chi connectivity index (χ2n) is 8.88. The lowest BCUT2D eigenvalue weighted by atomic mass is 10.1. The third kappa shape index (κ3) is 5.22. The molecular weight excluding hydrogens is 493 g/mol. The van der Waals surface area contributed by atoms with Crippen molar-refractivity contribution in [2.24, 2.45) is 0 Å². The molecule has 9 heteroatoms. The van der Waals surface area contributed by atoms with Gasteiger partial charge in [0.2, 0.25) is 0 Å². The predicted molar refractivity (Wildman–Crippen MR) is 137 cm³/mol. The molecule has 37 heavy (non-hydrogen) atoms. The van der Waals surface area contributed by atoms with E-state index >= 15 is 0 Å². The summed E-state index contributed by atoms with van der Waals surface area (Å²) in [4.78, 5) is 33.4. The molecule has 5 rings (SSSR count). The lowest BCUT2D eigenvalue weighted by molar-refractivity contribution is 0.0535. The number of benzene rings is 3. The maximum atomic E-state index is 13.1. The van der Waals surface area contributed by atoms with Crippen molar-refractivity contribution >= 4 is 32.6 Å². The largest absolute Gasteiger partial charge is 0.335 e. The number of halogens is 1. The Balaban J connectivity index is 1.23. The van der Waals surface area contributed by atoms with Gasteiger partial charge in [0.1, 0.15) is 5.82 Å². The zero-order valence-corrected chi connectivity index (χ0v) is 20.7. The fourth-order valence-corrected chi connectivity index (χ4v) is 5.98. The van der Waals surface area contributed by atoms with E-state index in [2.05, 4.69) is 4.98 Å². The van der Waals surface area contributed by atoms with Crippen LogP contribution < -0.4 is 0 Å². The SMILES string of the molecule is O=C(c1ccc(F)cc1)N1CCN(C(=O)c2ccc(CS(=O)(=O)c3cccc4cccnc34)cc2)CC1. The summed E-state index contributed by atoms with van der Waals surface area (Å²) in [5.74, 6) is -0.983. The monoisotopic (exact) mass is 517 g/mol. The van der Waals surface area contributed by atoms with Crippen LogP contribution in [-0.4, -0.2) is 61.2 Å². The van der Waals surface area contributed by atoms with Crippen LogP contribution in [0, 0.1) is 5.82 Å². The lowest BCUT2D eigenvalue weighted by Crippen LogP contribution is -2.50. The van der Waals surface area contributed by atoms with Crippen LogP contribution in [0.25, 0.3) is 10.9 Å². The van der Waals surface area contributed by atoms with Crippen LogP contribution in [0.4, 0.5) is 4.39 Å². The van der Waals surface area contributed by atoms with Gasteiger partial charge in [-0.05, 0) is 54.1 Å². The highest BCUT2D eigenvalue weighted by Crippen LogP contribution is 2.24. The average molecular weight is 518 g/mol. The fraction of sp³-hybridized carbons (Fsp3) is 0.179. The van der Waals surface area contributed by atoms with Crippen LogP contribution in [0.1, 0.15) is 26.3 Å². The number of piperazine rings is 1. The Hall–Kier alpha value is -4.11. The first-order chi connectivity index (χ1) is 17.8. The molecule has 0 radical (unpaired) electrons. The number of hydrogen-bond acceptors (Lipinski definition) is 5. The molecule has 1 aliphatic heterocycles. The summed E-state index contributed by atoms with van der Waals surface area (Å²) in [5, 5.41) is 0.754. The number of nitrogens with zero attached hydrogens (tertiary/aromatic N) is 3. The van der Waals surface area contributed by atoms with E-state index in [1.165, 1.54) is 24.3 Å². The van der Waals surface area contributed by atoms with Crippen molar-refractivity contribution in [2.75, 3.05) is 26.2 Å². The van der Waals surface area contributed by atoms with E-state index in [0.29, 0.717) is 48.4 Å². The molecule has 3 aromatic carbocycles. The molecular formula is C28H24FN3O4S. The van der Waals surface area contributed by atoms with Gasteiger partial charge in [0, 0.05) is 48.9 Å². The molecule has 1 fully saturated rings. The summed E-state index contributed by atoms with van der Waals surface area (Å²) >= 11 is 0. The van der Waals surface area contributed by atoms with E-state index < -0.39 is 15.7 Å². The molecule has 1 aliphatic rings. The number of fused-ring (bicyclic) bond motifs is 1. The highest BCUT2D eigenvalue weighted by atomic mass is 32.2. The number of hydrogen-bond donors (Lipinski definition) is 0. The van der Waals surface area contributed by atoms with Crippen molar-refractivity contribution in [3.63, 3.8) is 0 Å². The first kappa shape index (κ1) is 24.6. The van der Waals surface area contributed by atoms with Crippen molar-refractivity contribution in [3.05, 3.63) is 108 Å².